The molecule has 1 aliphatic rings. The van der Waals surface area contributed by atoms with Crippen LogP contribution in [0.1, 0.15) is 32.3 Å². The molecule has 1 atom stereocenters. The fraction of sp³-hybridized carbons (Fsp3) is 0.476. The number of hydrogen-bond donors (Lipinski definition) is 0. The molecule has 0 saturated carbocycles. The van der Waals surface area contributed by atoms with Crippen LogP contribution in [0.15, 0.2) is 41.6 Å². The van der Waals surface area contributed by atoms with Crippen molar-refractivity contribution in [3.8, 4) is 11.8 Å². The van der Waals surface area contributed by atoms with E-state index in [9.17, 15) is 4.79 Å². The molecule has 1 unspecified atom stereocenters. The third-order valence-electron chi connectivity index (χ3n) is 4.47. The summed E-state index contributed by atoms with van der Waals surface area (Å²) < 4.78 is 11.0. The topological polar surface area (TPSA) is 64.6 Å². The van der Waals surface area contributed by atoms with Gasteiger partial charge in [0.25, 0.3) is 0 Å². The van der Waals surface area contributed by atoms with Gasteiger partial charge in [-0.2, -0.15) is 4.98 Å². The van der Waals surface area contributed by atoms with Crippen molar-refractivity contribution >= 4 is 17.7 Å². The quantitative estimate of drug-likeness (QED) is 0.661. The molecule has 0 N–H and O–H groups in total. The van der Waals surface area contributed by atoms with Gasteiger partial charge < -0.3 is 14.4 Å². The van der Waals surface area contributed by atoms with Crippen LogP contribution in [-0.4, -0.2) is 52.3 Å². The molecule has 0 aliphatic carbocycles. The van der Waals surface area contributed by atoms with E-state index in [2.05, 4.69) is 35.9 Å². The number of carbonyl (C=O) groups excluding carboxylic acids is 1. The minimum Gasteiger partial charge on any atom is -0.480 e. The maximum atomic E-state index is 12.7. The summed E-state index contributed by atoms with van der Waals surface area (Å²) in [6, 6.07) is 8.28. The highest BCUT2D eigenvalue weighted by Crippen LogP contribution is 2.23. The highest BCUT2D eigenvalue weighted by molar-refractivity contribution is 7.99. The van der Waals surface area contributed by atoms with Gasteiger partial charge in [0.15, 0.2) is 0 Å². The zero-order valence-electron chi connectivity index (χ0n) is 16.6. The summed E-state index contributed by atoms with van der Waals surface area (Å²) in [6.45, 7) is 5.69. The second-order valence-electron chi connectivity index (χ2n) is 7.11. The smallest absolute Gasteiger partial charge is 0.235 e. The van der Waals surface area contributed by atoms with Crippen LogP contribution in [0.3, 0.4) is 0 Å². The van der Waals surface area contributed by atoms with Crippen LogP contribution < -0.4 is 9.47 Å². The van der Waals surface area contributed by atoms with Crippen LogP contribution in [0.4, 0.5) is 0 Å². The normalized spacial score (nSPS) is 16.9. The summed E-state index contributed by atoms with van der Waals surface area (Å²) in [4.78, 5) is 24.2. The van der Waals surface area contributed by atoms with Gasteiger partial charge in [-0.3, -0.25) is 9.78 Å². The molecule has 7 heteroatoms. The molecule has 0 spiro atoms. The maximum absolute atomic E-state index is 12.7. The van der Waals surface area contributed by atoms with Gasteiger partial charge in [-0.15, -0.1) is 11.8 Å². The predicted molar refractivity (Wildman–Crippen MR) is 110 cm³/mol. The van der Waals surface area contributed by atoms with Gasteiger partial charge in [-0.05, 0) is 30.5 Å². The molecule has 0 radical (unpaired) electrons. The standard InChI is InChI=1S/C21H27N3O3S/c1-15(2)28-18-8-6-16(7-9-18)11-21(25)24-10-4-5-17(14-24)27-20-13-22-12-19(23-20)26-3/h6-9,12-13,15,17H,4-5,10-11,14H2,1-3H3. The first kappa shape index (κ1) is 20.5. The van der Waals surface area contributed by atoms with Crippen molar-refractivity contribution in [1.29, 1.82) is 0 Å². The number of likely N-dealkylation sites (tertiary alicyclic amines) is 1. The number of aromatic nitrogens is 2. The Morgan fingerprint density at radius 3 is 2.71 bits per heavy atom. The Labute approximate surface area is 170 Å². The number of carbonyl (C=O) groups is 1. The van der Waals surface area contributed by atoms with Crippen molar-refractivity contribution in [3.63, 3.8) is 0 Å². The number of hydrogen-bond acceptors (Lipinski definition) is 6. The molecule has 3 rings (SSSR count). The van der Waals surface area contributed by atoms with Gasteiger partial charge in [0, 0.05) is 16.7 Å². The Kier molecular flexibility index (Phi) is 7.14. The van der Waals surface area contributed by atoms with Gasteiger partial charge in [0.1, 0.15) is 6.10 Å². The summed E-state index contributed by atoms with van der Waals surface area (Å²) in [6.07, 6.45) is 5.25. The lowest BCUT2D eigenvalue weighted by molar-refractivity contribution is -0.133. The molecule has 1 aliphatic heterocycles. The van der Waals surface area contributed by atoms with Crippen LogP contribution in [0.2, 0.25) is 0 Å². The van der Waals surface area contributed by atoms with Gasteiger partial charge in [-0.25, -0.2) is 0 Å². The Balaban J connectivity index is 1.55. The van der Waals surface area contributed by atoms with Crippen molar-refractivity contribution < 1.29 is 14.3 Å². The lowest BCUT2D eigenvalue weighted by Gasteiger charge is -2.32. The summed E-state index contributed by atoms with van der Waals surface area (Å²) in [5, 5.41) is 0.548. The number of rotatable bonds is 7. The number of amides is 1. The first-order valence-corrected chi connectivity index (χ1v) is 10.5. The van der Waals surface area contributed by atoms with Crippen molar-refractivity contribution in [2.24, 2.45) is 0 Å². The number of benzene rings is 1. The average Bonchev–Trinajstić information content (AvgIpc) is 2.69. The van der Waals surface area contributed by atoms with Gasteiger partial charge in [-0.1, -0.05) is 26.0 Å². The third kappa shape index (κ3) is 5.86. The number of piperidine rings is 1. The van der Waals surface area contributed by atoms with E-state index in [0.717, 1.165) is 24.9 Å². The van der Waals surface area contributed by atoms with E-state index < -0.39 is 0 Å². The van der Waals surface area contributed by atoms with Crippen molar-refractivity contribution in [2.45, 2.75) is 49.4 Å². The maximum Gasteiger partial charge on any atom is 0.235 e. The van der Waals surface area contributed by atoms with E-state index in [-0.39, 0.29) is 12.0 Å². The second kappa shape index (κ2) is 9.78. The van der Waals surface area contributed by atoms with Crippen LogP contribution in [-0.2, 0) is 11.2 Å². The Bertz CT molecular complexity index is 783. The number of ether oxygens (including phenoxy) is 2. The molecule has 150 valence electrons. The lowest BCUT2D eigenvalue weighted by atomic mass is 10.1. The predicted octanol–water partition coefficient (Wildman–Crippen LogP) is 3.60. The van der Waals surface area contributed by atoms with Crippen LogP contribution in [0, 0.1) is 0 Å². The van der Waals surface area contributed by atoms with E-state index in [1.165, 1.54) is 11.1 Å². The molecule has 6 nitrogen and oxygen atoms in total. The average molecular weight is 402 g/mol. The summed E-state index contributed by atoms with van der Waals surface area (Å²) in [5.74, 6) is 0.978. The van der Waals surface area contributed by atoms with Crippen molar-refractivity contribution in [3.05, 3.63) is 42.2 Å². The van der Waals surface area contributed by atoms with E-state index in [0.29, 0.717) is 30.0 Å². The highest BCUT2D eigenvalue weighted by Gasteiger charge is 2.25. The summed E-state index contributed by atoms with van der Waals surface area (Å²) in [5.41, 5.74) is 1.04. The minimum absolute atomic E-state index is 0.0797. The Morgan fingerprint density at radius 2 is 2.00 bits per heavy atom. The summed E-state index contributed by atoms with van der Waals surface area (Å²) >= 11 is 1.83. The van der Waals surface area contributed by atoms with Gasteiger partial charge in [0.05, 0.1) is 32.5 Å². The minimum atomic E-state index is -0.0797. The molecule has 2 heterocycles. The lowest BCUT2D eigenvalue weighted by Crippen LogP contribution is -2.45. The Morgan fingerprint density at radius 1 is 1.25 bits per heavy atom. The molecular formula is C21H27N3O3S. The highest BCUT2D eigenvalue weighted by atomic mass is 32.2. The van der Waals surface area contributed by atoms with Crippen LogP contribution in [0.25, 0.3) is 0 Å². The van der Waals surface area contributed by atoms with Gasteiger partial charge >= 0.3 is 0 Å². The fourth-order valence-corrected chi connectivity index (χ4v) is 4.00. The fourth-order valence-electron chi connectivity index (χ4n) is 3.16. The van der Waals surface area contributed by atoms with Crippen LogP contribution >= 0.6 is 11.8 Å². The second-order valence-corrected chi connectivity index (χ2v) is 8.76. The summed E-state index contributed by atoms with van der Waals surface area (Å²) in [7, 11) is 1.54. The first-order valence-electron chi connectivity index (χ1n) is 9.59. The number of methoxy groups -OCH3 is 1. The molecule has 1 fully saturated rings. The first-order chi connectivity index (χ1) is 13.5. The molecule has 1 amide bonds. The largest absolute Gasteiger partial charge is 0.480 e. The molecule has 2 aromatic rings. The monoisotopic (exact) mass is 401 g/mol. The number of thioether (sulfide) groups is 1. The zero-order valence-corrected chi connectivity index (χ0v) is 17.4. The molecule has 1 saturated heterocycles. The van der Waals surface area contributed by atoms with Crippen molar-refractivity contribution in [2.75, 3.05) is 20.2 Å². The van der Waals surface area contributed by atoms with E-state index in [1.54, 1.807) is 13.3 Å². The molecule has 1 aromatic heterocycles. The van der Waals surface area contributed by atoms with Gasteiger partial charge in [0.2, 0.25) is 17.7 Å². The van der Waals surface area contributed by atoms with E-state index in [4.69, 9.17) is 9.47 Å². The number of nitrogens with zero attached hydrogens (tertiary/aromatic N) is 3. The zero-order chi connectivity index (χ0) is 19.9. The molecule has 1 aromatic carbocycles. The van der Waals surface area contributed by atoms with Crippen molar-refractivity contribution in [1.82, 2.24) is 14.9 Å². The molecule has 0 bridgehead atoms. The third-order valence-corrected chi connectivity index (χ3v) is 5.48. The SMILES string of the molecule is COc1cncc(OC2CCCN(C(=O)Cc3ccc(SC(C)C)cc3)C2)n1. The molecular weight excluding hydrogens is 374 g/mol. The Hall–Kier alpha value is -2.28. The molecule has 28 heavy (non-hydrogen) atoms. The van der Waals surface area contributed by atoms with E-state index in [1.807, 2.05) is 28.8 Å². The van der Waals surface area contributed by atoms with Crippen LogP contribution in [0.5, 0.6) is 11.8 Å². The van der Waals surface area contributed by atoms with E-state index >= 15 is 0 Å².